The summed E-state index contributed by atoms with van der Waals surface area (Å²) in [5, 5.41) is 2.88. The second-order valence-electron chi connectivity index (χ2n) is 4.21. The van der Waals surface area contributed by atoms with E-state index < -0.39 is 11.7 Å². The lowest BCUT2D eigenvalue weighted by Gasteiger charge is -2.13. The van der Waals surface area contributed by atoms with E-state index in [1.165, 1.54) is 6.07 Å². The molecule has 1 aromatic carbocycles. The van der Waals surface area contributed by atoms with Crippen molar-refractivity contribution >= 4 is 28.8 Å². The molecule has 0 aliphatic carbocycles. The fourth-order valence-corrected chi connectivity index (χ4v) is 1.76. The van der Waals surface area contributed by atoms with Gasteiger partial charge in [0.2, 0.25) is 0 Å². The SMILES string of the molecule is Cc1ccc(N)c(Nc2cc(C(F)(F)F)ccc2Cl)n1. The number of nitrogen functional groups attached to an aromatic ring is 1. The van der Waals surface area contributed by atoms with Gasteiger partial charge in [-0.25, -0.2) is 4.98 Å². The molecule has 1 aromatic heterocycles. The zero-order valence-corrected chi connectivity index (χ0v) is 11.2. The van der Waals surface area contributed by atoms with Gasteiger partial charge in [0.25, 0.3) is 0 Å². The first-order valence-electron chi connectivity index (χ1n) is 5.64. The maximum Gasteiger partial charge on any atom is 0.416 e. The van der Waals surface area contributed by atoms with E-state index in [2.05, 4.69) is 10.3 Å². The van der Waals surface area contributed by atoms with Crippen molar-refractivity contribution in [1.29, 1.82) is 0 Å². The van der Waals surface area contributed by atoms with Gasteiger partial charge < -0.3 is 11.1 Å². The lowest BCUT2D eigenvalue weighted by molar-refractivity contribution is -0.137. The second-order valence-corrected chi connectivity index (χ2v) is 4.62. The Morgan fingerprint density at radius 1 is 1.20 bits per heavy atom. The number of pyridine rings is 1. The van der Waals surface area contributed by atoms with Crippen LogP contribution >= 0.6 is 11.6 Å². The maximum absolute atomic E-state index is 12.7. The number of aryl methyl sites for hydroxylation is 1. The number of hydrogen-bond acceptors (Lipinski definition) is 3. The van der Waals surface area contributed by atoms with Crippen molar-refractivity contribution in [3.8, 4) is 0 Å². The van der Waals surface area contributed by atoms with Crippen molar-refractivity contribution in [3.63, 3.8) is 0 Å². The van der Waals surface area contributed by atoms with Crippen LogP contribution in [0.15, 0.2) is 30.3 Å². The van der Waals surface area contributed by atoms with Gasteiger partial charge in [0, 0.05) is 5.69 Å². The molecular weight excluding hydrogens is 291 g/mol. The minimum Gasteiger partial charge on any atom is -0.396 e. The third kappa shape index (κ3) is 3.14. The summed E-state index contributed by atoms with van der Waals surface area (Å²) in [7, 11) is 0. The van der Waals surface area contributed by atoms with Crippen LogP contribution in [0.1, 0.15) is 11.3 Å². The Morgan fingerprint density at radius 3 is 2.55 bits per heavy atom. The molecule has 7 heteroatoms. The van der Waals surface area contributed by atoms with E-state index in [9.17, 15) is 13.2 Å². The van der Waals surface area contributed by atoms with E-state index in [1.807, 2.05) is 0 Å². The lowest BCUT2D eigenvalue weighted by Crippen LogP contribution is -2.06. The highest BCUT2D eigenvalue weighted by Gasteiger charge is 2.31. The number of nitrogens with two attached hydrogens (primary N) is 1. The number of alkyl halides is 3. The van der Waals surface area contributed by atoms with Crippen molar-refractivity contribution < 1.29 is 13.2 Å². The van der Waals surface area contributed by atoms with Gasteiger partial charge in [0.1, 0.15) is 0 Å². The van der Waals surface area contributed by atoms with Gasteiger partial charge in [-0.1, -0.05) is 11.6 Å². The monoisotopic (exact) mass is 301 g/mol. The molecule has 0 amide bonds. The van der Waals surface area contributed by atoms with Crippen molar-refractivity contribution in [3.05, 3.63) is 46.6 Å². The number of anilines is 3. The summed E-state index contributed by atoms with van der Waals surface area (Å²) < 4.78 is 38.0. The number of hydrogen-bond donors (Lipinski definition) is 2. The third-order valence-corrected chi connectivity index (χ3v) is 2.94. The average molecular weight is 302 g/mol. The molecule has 0 aliphatic rings. The van der Waals surface area contributed by atoms with E-state index in [-0.39, 0.29) is 16.5 Å². The molecule has 0 aliphatic heterocycles. The number of nitrogens with one attached hydrogen (secondary N) is 1. The summed E-state index contributed by atoms with van der Waals surface area (Å²) in [6.45, 7) is 1.75. The minimum absolute atomic E-state index is 0.103. The highest BCUT2D eigenvalue weighted by Crippen LogP contribution is 2.35. The lowest BCUT2D eigenvalue weighted by atomic mass is 10.2. The summed E-state index contributed by atoms with van der Waals surface area (Å²) in [5.74, 6) is 0.270. The molecule has 106 valence electrons. The van der Waals surface area contributed by atoms with Gasteiger partial charge in [-0.05, 0) is 37.3 Å². The Hall–Kier alpha value is -1.95. The first-order chi connectivity index (χ1) is 9.27. The Morgan fingerprint density at radius 2 is 1.90 bits per heavy atom. The van der Waals surface area contributed by atoms with Crippen LogP contribution in [0.25, 0.3) is 0 Å². The predicted octanol–water partition coefficient (Wildman–Crippen LogP) is 4.39. The zero-order valence-electron chi connectivity index (χ0n) is 10.4. The molecule has 0 atom stereocenters. The molecule has 0 spiro atoms. The average Bonchev–Trinajstić information content (AvgIpc) is 2.35. The van der Waals surface area contributed by atoms with E-state index in [0.29, 0.717) is 11.4 Å². The summed E-state index contributed by atoms with van der Waals surface area (Å²) in [4.78, 5) is 4.12. The van der Waals surface area contributed by atoms with Crippen molar-refractivity contribution in [2.45, 2.75) is 13.1 Å². The van der Waals surface area contributed by atoms with Crippen molar-refractivity contribution in [1.82, 2.24) is 4.98 Å². The Balaban J connectivity index is 2.40. The second kappa shape index (κ2) is 5.20. The molecule has 3 N–H and O–H groups in total. The van der Waals surface area contributed by atoms with Crippen LogP contribution in [-0.4, -0.2) is 4.98 Å². The standard InChI is InChI=1S/C13H11ClF3N3/c1-7-2-5-10(18)12(19-7)20-11-6-8(13(15,16)17)3-4-9(11)14/h2-6H,18H2,1H3,(H,19,20). The van der Waals surface area contributed by atoms with Crippen LogP contribution in [0, 0.1) is 6.92 Å². The minimum atomic E-state index is -4.44. The summed E-state index contributed by atoms with van der Waals surface area (Å²) in [6.07, 6.45) is -4.44. The molecular formula is C13H11ClF3N3. The molecule has 3 nitrogen and oxygen atoms in total. The van der Waals surface area contributed by atoms with Crippen LogP contribution in [-0.2, 0) is 6.18 Å². The van der Waals surface area contributed by atoms with Crippen LogP contribution in [0.3, 0.4) is 0 Å². The number of halogens is 4. The van der Waals surface area contributed by atoms with Gasteiger partial charge in [0.15, 0.2) is 5.82 Å². The smallest absolute Gasteiger partial charge is 0.396 e. The van der Waals surface area contributed by atoms with Gasteiger partial charge in [-0.3, -0.25) is 0 Å². The molecule has 0 saturated heterocycles. The maximum atomic E-state index is 12.7. The largest absolute Gasteiger partial charge is 0.416 e. The normalized spacial score (nSPS) is 11.4. The molecule has 0 saturated carbocycles. The highest BCUT2D eigenvalue weighted by molar-refractivity contribution is 6.33. The first kappa shape index (κ1) is 14.5. The van der Waals surface area contributed by atoms with Gasteiger partial charge in [0.05, 0.1) is 22.0 Å². The molecule has 0 unspecified atom stereocenters. The van der Waals surface area contributed by atoms with E-state index in [4.69, 9.17) is 17.3 Å². The number of benzene rings is 1. The van der Waals surface area contributed by atoms with Gasteiger partial charge >= 0.3 is 6.18 Å². The molecule has 2 rings (SSSR count). The summed E-state index contributed by atoms with van der Waals surface area (Å²) >= 11 is 5.89. The van der Waals surface area contributed by atoms with Crippen LogP contribution in [0.5, 0.6) is 0 Å². The van der Waals surface area contributed by atoms with Crippen LogP contribution in [0.4, 0.5) is 30.4 Å². The number of rotatable bonds is 2. The topological polar surface area (TPSA) is 50.9 Å². The highest BCUT2D eigenvalue weighted by atomic mass is 35.5. The molecule has 0 bridgehead atoms. The fourth-order valence-electron chi connectivity index (χ4n) is 1.59. The summed E-state index contributed by atoms with van der Waals surface area (Å²) in [5.41, 5.74) is 6.04. The summed E-state index contributed by atoms with van der Waals surface area (Å²) in [6, 6.07) is 6.34. The zero-order chi connectivity index (χ0) is 14.9. The quantitative estimate of drug-likeness (QED) is 0.865. The Labute approximate surface area is 118 Å². The van der Waals surface area contributed by atoms with Crippen LogP contribution in [0.2, 0.25) is 5.02 Å². The van der Waals surface area contributed by atoms with E-state index >= 15 is 0 Å². The molecule has 1 heterocycles. The van der Waals surface area contributed by atoms with E-state index in [1.54, 1.807) is 19.1 Å². The molecule has 20 heavy (non-hydrogen) atoms. The van der Waals surface area contributed by atoms with Crippen molar-refractivity contribution in [2.75, 3.05) is 11.1 Å². The van der Waals surface area contributed by atoms with Crippen LogP contribution < -0.4 is 11.1 Å². The number of nitrogens with zero attached hydrogens (tertiary/aromatic N) is 1. The van der Waals surface area contributed by atoms with E-state index in [0.717, 1.165) is 12.1 Å². The molecule has 2 aromatic rings. The molecule has 0 fully saturated rings. The van der Waals surface area contributed by atoms with Gasteiger partial charge in [-0.2, -0.15) is 13.2 Å². The molecule has 0 radical (unpaired) electrons. The van der Waals surface area contributed by atoms with Gasteiger partial charge in [-0.15, -0.1) is 0 Å². The Kier molecular flexibility index (Phi) is 3.76. The third-order valence-electron chi connectivity index (χ3n) is 2.61. The van der Waals surface area contributed by atoms with Crippen molar-refractivity contribution in [2.24, 2.45) is 0 Å². The Bertz CT molecular complexity index is 641. The number of aromatic nitrogens is 1. The fraction of sp³-hybridized carbons (Fsp3) is 0.154. The first-order valence-corrected chi connectivity index (χ1v) is 6.02. The predicted molar refractivity (Wildman–Crippen MR) is 73.1 cm³/mol.